The fraction of sp³-hybridized carbons (Fsp3) is 0.0769. The third-order valence-electron chi connectivity index (χ3n) is 2.34. The van der Waals surface area contributed by atoms with Gasteiger partial charge >= 0.3 is 0 Å². The van der Waals surface area contributed by atoms with E-state index in [2.05, 4.69) is 27.3 Å². The third-order valence-corrected chi connectivity index (χ3v) is 3.84. The van der Waals surface area contributed by atoms with E-state index in [9.17, 15) is 4.79 Å². The van der Waals surface area contributed by atoms with E-state index in [0.29, 0.717) is 17.7 Å². The van der Waals surface area contributed by atoms with Crippen molar-refractivity contribution in [2.24, 2.45) is 0 Å². The highest BCUT2D eigenvalue weighted by atomic mass is 79.9. The highest BCUT2D eigenvalue weighted by Crippen LogP contribution is 2.20. The molecule has 2 rings (SSSR count). The molecule has 0 saturated heterocycles. The van der Waals surface area contributed by atoms with Crippen LogP contribution in [0.15, 0.2) is 39.5 Å². The molecule has 0 bridgehead atoms. The van der Waals surface area contributed by atoms with E-state index in [-0.39, 0.29) is 5.91 Å². The van der Waals surface area contributed by atoms with Crippen LogP contribution in [0, 0.1) is 11.3 Å². The van der Waals surface area contributed by atoms with Gasteiger partial charge < -0.3 is 5.32 Å². The van der Waals surface area contributed by atoms with Crippen LogP contribution in [-0.2, 0) is 6.54 Å². The average molecular weight is 321 g/mol. The molecule has 0 atom stereocenters. The van der Waals surface area contributed by atoms with Crippen molar-refractivity contribution >= 4 is 33.2 Å². The topological polar surface area (TPSA) is 52.9 Å². The normalized spacial score (nSPS) is 9.78. The van der Waals surface area contributed by atoms with Gasteiger partial charge in [0.2, 0.25) is 0 Å². The smallest absolute Gasteiger partial charge is 0.252 e. The molecule has 0 aliphatic heterocycles. The molecule has 0 aliphatic rings. The zero-order valence-electron chi connectivity index (χ0n) is 9.31. The number of hydrogen-bond acceptors (Lipinski definition) is 3. The standard InChI is InChI=1S/C13H9BrN2OS/c14-12-5-11(8-18-12)13(17)16-7-10-3-1-2-9(4-10)6-15/h1-5,8H,7H2,(H,16,17). The van der Waals surface area contributed by atoms with Crippen molar-refractivity contribution in [1.82, 2.24) is 5.32 Å². The lowest BCUT2D eigenvalue weighted by molar-refractivity contribution is 0.0951. The van der Waals surface area contributed by atoms with Gasteiger partial charge in [0, 0.05) is 11.9 Å². The van der Waals surface area contributed by atoms with Gasteiger partial charge in [-0.15, -0.1) is 11.3 Å². The van der Waals surface area contributed by atoms with E-state index >= 15 is 0 Å². The van der Waals surface area contributed by atoms with Gasteiger partial charge in [-0.05, 0) is 39.7 Å². The minimum absolute atomic E-state index is 0.112. The molecule has 3 nitrogen and oxygen atoms in total. The predicted octanol–water partition coefficient (Wildman–Crippen LogP) is 3.31. The molecule has 0 radical (unpaired) electrons. The van der Waals surface area contributed by atoms with Crippen LogP contribution in [0.4, 0.5) is 0 Å². The monoisotopic (exact) mass is 320 g/mol. The lowest BCUT2D eigenvalue weighted by atomic mass is 10.1. The molecule has 5 heteroatoms. The number of amides is 1. The van der Waals surface area contributed by atoms with Gasteiger partial charge in [0.15, 0.2) is 0 Å². The molecule has 1 N–H and O–H groups in total. The van der Waals surface area contributed by atoms with Crippen LogP contribution >= 0.6 is 27.3 Å². The molecule has 90 valence electrons. The summed E-state index contributed by atoms with van der Waals surface area (Å²) < 4.78 is 0.930. The van der Waals surface area contributed by atoms with Gasteiger partial charge in [0.1, 0.15) is 0 Å². The first kappa shape index (κ1) is 12.8. The van der Waals surface area contributed by atoms with Crippen molar-refractivity contribution < 1.29 is 4.79 Å². The molecule has 0 aliphatic carbocycles. The number of nitrogens with zero attached hydrogens (tertiary/aromatic N) is 1. The van der Waals surface area contributed by atoms with Gasteiger partial charge in [-0.25, -0.2) is 0 Å². The van der Waals surface area contributed by atoms with Crippen molar-refractivity contribution in [2.45, 2.75) is 6.54 Å². The Balaban J connectivity index is 1.99. The average Bonchev–Trinajstić information content (AvgIpc) is 2.83. The Kier molecular flexibility index (Phi) is 4.13. The van der Waals surface area contributed by atoms with Gasteiger partial charge in [-0.3, -0.25) is 4.79 Å². The summed E-state index contributed by atoms with van der Waals surface area (Å²) in [5, 5.41) is 13.4. The Morgan fingerprint density at radius 2 is 2.28 bits per heavy atom. The predicted molar refractivity (Wildman–Crippen MR) is 74.3 cm³/mol. The van der Waals surface area contributed by atoms with Crippen LogP contribution in [-0.4, -0.2) is 5.91 Å². The molecule has 0 spiro atoms. The maximum Gasteiger partial charge on any atom is 0.252 e. The number of halogens is 1. The Labute approximate surface area is 117 Å². The molecule has 1 heterocycles. The molecule has 0 saturated carbocycles. The Morgan fingerprint density at radius 1 is 1.44 bits per heavy atom. The number of nitriles is 1. The van der Waals surface area contributed by atoms with Crippen molar-refractivity contribution in [3.63, 3.8) is 0 Å². The fourth-order valence-corrected chi connectivity index (χ4v) is 2.60. The van der Waals surface area contributed by atoms with Crippen LogP contribution in [0.3, 0.4) is 0 Å². The zero-order valence-corrected chi connectivity index (χ0v) is 11.7. The number of nitrogens with one attached hydrogen (secondary N) is 1. The molecule has 18 heavy (non-hydrogen) atoms. The quantitative estimate of drug-likeness (QED) is 0.943. The summed E-state index contributed by atoms with van der Waals surface area (Å²) in [6.45, 7) is 0.418. The summed E-state index contributed by atoms with van der Waals surface area (Å²) in [6, 6.07) is 11.0. The highest BCUT2D eigenvalue weighted by Gasteiger charge is 2.07. The molecule has 0 fully saturated rings. The molecular formula is C13H9BrN2OS. The summed E-state index contributed by atoms with van der Waals surface area (Å²) in [5.41, 5.74) is 2.15. The van der Waals surface area contributed by atoms with Crippen molar-refractivity contribution in [1.29, 1.82) is 5.26 Å². The Hall–Kier alpha value is -1.64. The molecule has 2 aromatic rings. The van der Waals surface area contributed by atoms with Crippen LogP contribution in [0.25, 0.3) is 0 Å². The number of rotatable bonds is 3. The lowest BCUT2D eigenvalue weighted by Crippen LogP contribution is -2.22. The van der Waals surface area contributed by atoms with Crippen molar-refractivity contribution in [3.05, 3.63) is 56.2 Å². The van der Waals surface area contributed by atoms with Crippen LogP contribution in [0.1, 0.15) is 21.5 Å². The summed E-state index contributed by atoms with van der Waals surface area (Å²) >= 11 is 4.79. The Bertz CT molecular complexity index is 615. The maximum absolute atomic E-state index is 11.8. The van der Waals surface area contributed by atoms with Gasteiger partial charge in [0.05, 0.1) is 21.0 Å². The third kappa shape index (κ3) is 3.19. The molecule has 1 aromatic carbocycles. The summed E-state index contributed by atoms with van der Waals surface area (Å²) in [4.78, 5) is 11.8. The van der Waals surface area contributed by atoms with Crippen molar-refractivity contribution in [3.8, 4) is 6.07 Å². The number of thiophene rings is 1. The molecule has 1 amide bonds. The fourth-order valence-electron chi connectivity index (χ4n) is 1.46. The SMILES string of the molecule is N#Cc1cccc(CNC(=O)c2csc(Br)c2)c1. The highest BCUT2D eigenvalue weighted by molar-refractivity contribution is 9.11. The van der Waals surface area contributed by atoms with Crippen LogP contribution < -0.4 is 5.32 Å². The minimum atomic E-state index is -0.112. The molecule has 0 unspecified atom stereocenters. The first-order chi connectivity index (χ1) is 8.69. The largest absolute Gasteiger partial charge is 0.348 e. The maximum atomic E-state index is 11.8. The second kappa shape index (κ2) is 5.80. The Morgan fingerprint density at radius 3 is 2.94 bits per heavy atom. The summed E-state index contributed by atoms with van der Waals surface area (Å²) in [6.07, 6.45) is 0. The zero-order chi connectivity index (χ0) is 13.0. The summed E-state index contributed by atoms with van der Waals surface area (Å²) in [7, 11) is 0. The van der Waals surface area contributed by atoms with E-state index in [1.807, 2.05) is 6.07 Å². The lowest BCUT2D eigenvalue weighted by Gasteiger charge is -2.04. The number of hydrogen-bond donors (Lipinski definition) is 1. The second-order valence-corrected chi connectivity index (χ2v) is 5.92. The van der Waals surface area contributed by atoms with Gasteiger partial charge in [-0.2, -0.15) is 5.26 Å². The number of carbonyl (C=O) groups is 1. The second-order valence-electron chi connectivity index (χ2n) is 3.63. The molecular weight excluding hydrogens is 312 g/mol. The van der Waals surface area contributed by atoms with Crippen LogP contribution in [0.2, 0.25) is 0 Å². The van der Waals surface area contributed by atoms with E-state index in [4.69, 9.17) is 5.26 Å². The van der Waals surface area contributed by atoms with E-state index in [1.54, 1.807) is 29.6 Å². The molecule has 1 aromatic heterocycles. The van der Waals surface area contributed by atoms with Crippen molar-refractivity contribution in [2.75, 3.05) is 0 Å². The van der Waals surface area contributed by atoms with E-state index < -0.39 is 0 Å². The van der Waals surface area contributed by atoms with Gasteiger partial charge in [-0.1, -0.05) is 12.1 Å². The van der Waals surface area contributed by atoms with Crippen LogP contribution in [0.5, 0.6) is 0 Å². The number of carbonyl (C=O) groups excluding carboxylic acids is 1. The van der Waals surface area contributed by atoms with E-state index in [0.717, 1.165) is 9.35 Å². The first-order valence-electron chi connectivity index (χ1n) is 5.20. The number of benzene rings is 1. The first-order valence-corrected chi connectivity index (χ1v) is 6.87. The van der Waals surface area contributed by atoms with E-state index in [1.165, 1.54) is 11.3 Å². The summed E-state index contributed by atoms with van der Waals surface area (Å²) in [5.74, 6) is -0.112. The van der Waals surface area contributed by atoms with Gasteiger partial charge in [0.25, 0.3) is 5.91 Å². The minimum Gasteiger partial charge on any atom is -0.348 e.